The molecule has 0 saturated carbocycles. The molecular formula is C20H19FN4O2S. The highest BCUT2D eigenvalue weighted by Gasteiger charge is 2.21. The van der Waals surface area contributed by atoms with Gasteiger partial charge in [-0.25, -0.2) is 4.39 Å². The third kappa shape index (κ3) is 4.28. The zero-order valence-corrected chi connectivity index (χ0v) is 16.5. The molecule has 0 aliphatic rings. The number of anilines is 1. The standard InChI is InChI=1S/C20H19FN4O2S/c1-12(18(27)14-8-10-15(11-9-14)22-13(2)26)28-20-24-23-19(25(20)3)16-6-4-5-7-17(16)21/h4-12H,1-3H3,(H,22,26). The zero-order chi connectivity index (χ0) is 20.3. The number of thioether (sulfide) groups is 1. The molecule has 1 atom stereocenters. The minimum Gasteiger partial charge on any atom is -0.326 e. The molecule has 2 aromatic carbocycles. The number of carbonyl (C=O) groups excluding carboxylic acids is 2. The Morgan fingerprint density at radius 1 is 1.11 bits per heavy atom. The molecule has 28 heavy (non-hydrogen) atoms. The minimum atomic E-state index is -0.414. The molecular weight excluding hydrogens is 379 g/mol. The second-order valence-corrected chi connectivity index (χ2v) is 7.54. The number of rotatable bonds is 6. The molecule has 1 amide bonds. The third-order valence-corrected chi connectivity index (χ3v) is 5.22. The normalized spacial score (nSPS) is 11.9. The first kappa shape index (κ1) is 19.8. The molecule has 3 aromatic rings. The van der Waals surface area contributed by atoms with E-state index in [1.54, 1.807) is 61.0 Å². The summed E-state index contributed by atoms with van der Waals surface area (Å²) in [6, 6.07) is 13.1. The van der Waals surface area contributed by atoms with E-state index in [0.29, 0.717) is 27.8 Å². The van der Waals surface area contributed by atoms with Crippen molar-refractivity contribution in [2.75, 3.05) is 5.32 Å². The summed E-state index contributed by atoms with van der Waals surface area (Å²) in [7, 11) is 1.74. The van der Waals surface area contributed by atoms with E-state index in [2.05, 4.69) is 15.5 Å². The molecule has 1 unspecified atom stereocenters. The number of carbonyl (C=O) groups is 2. The number of benzene rings is 2. The Labute approximate surface area is 166 Å². The maximum Gasteiger partial charge on any atom is 0.221 e. The van der Waals surface area contributed by atoms with Crippen LogP contribution in [0.1, 0.15) is 24.2 Å². The van der Waals surface area contributed by atoms with Crippen LogP contribution in [0, 0.1) is 5.82 Å². The van der Waals surface area contributed by atoms with Gasteiger partial charge in [-0.1, -0.05) is 23.9 Å². The summed E-state index contributed by atoms with van der Waals surface area (Å²) in [5.74, 6) is -0.219. The van der Waals surface area contributed by atoms with Gasteiger partial charge in [0.05, 0.1) is 10.8 Å². The Balaban J connectivity index is 1.74. The van der Waals surface area contributed by atoms with Crippen LogP contribution in [-0.2, 0) is 11.8 Å². The van der Waals surface area contributed by atoms with Crippen molar-refractivity contribution in [3.8, 4) is 11.4 Å². The Morgan fingerprint density at radius 2 is 1.79 bits per heavy atom. The molecule has 0 fully saturated rings. The van der Waals surface area contributed by atoms with Crippen LogP contribution in [0.2, 0.25) is 0 Å². The van der Waals surface area contributed by atoms with E-state index in [1.165, 1.54) is 24.8 Å². The van der Waals surface area contributed by atoms with Gasteiger partial charge in [-0.15, -0.1) is 10.2 Å². The fraction of sp³-hybridized carbons (Fsp3) is 0.200. The molecule has 1 N–H and O–H groups in total. The first-order valence-electron chi connectivity index (χ1n) is 8.59. The van der Waals surface area contributed by atoms with E-state index < -0.39 is 5.25 Å². The summed E-state index contributed by atoms with van der Waals surface area (Å²) in [5, 5.41) is 10.9. The van der Waals surface area contributed by atoms with Gasteiger partial charge in [-0.2, -0.15) is 0 Å². The summed E-state index contributed by atoms with van der Waals surface area (Å²) in [6.45, 7) is 3.21. The van der Waals surface area contributed by atoms with Gasteiger partial charge in [-0.3, -0.25) is 9.59 Å². The van der Waals surface area contributed by atoms with Crippen LogP contribution in [0.3, 0.4) is 0 Å². The fourth-order valence-corrected chi connectivity index (χ4v) is 3.55. The first-order valence-corrected chi connectivity index (χ1v) is 9.47. The fourth-order valence-electron chi connectivity index (χ4n) is 2.66. The van der Waals surface area contributed by atoms with E-state index in [4.69, 9.17) is 0 Å². The maximum absolute atomic E-state index is 14.0. The monoisotopic (exact) mass is 398 g/mol. The molecule has 0 radical (unpaired) electrons. The molecule has 144 valence electrons. The van der Waals surface area contributed by atoms with Crippen LogP contribution in [0.5, 0.6) is 0 Å². The van der Waals surface area contributed by atoms with Crippen molar-refractivity contribution in [3.63, 3.8) is 0 Å². The van der Waals surface area contributed by atoms with Gasteiger partial charge in [0.25, 0.3) is 0 Å². The molecule has 0 aliphatic carbocycles. The van der Waals surface area contributed by atoms with Crippen LogP contribution < -0.4 is 5.32 Å². The highest BCUT2D eigenvalue weighted by Crippen LogP contribution is 2.28. The Kier molecular flexibility index (Phi) is 5.89. The number of nitrogens with zero attached hydrogens (tertiary/aromatic N) is 3. The van der Waals surface area contributed by atoms with Crippen molar-refractivity contribution in [3.05, 3.63) is 59.9 Å². The molecule has 0 saturated heterocycles. The Hall–Kier alpha value is -3.00. The second-order valence-electron chi connectivity index (χ2n) is 6.23. The van der Waals surface area contributed by atoms with E-state index >= 15 is 0 Å². The number of hydrogen-bond acceptors (Lipinski definition) is 5. The lowest BCUT2D eigenvalue weighted by Gasteiger charge is -2.11. The number of Topliss-reactive ketones (excluding diaryl/α,β-unsaturated/α-hetero) is 1. The number of hydrogen-bond donors (Lipinski definition) is 1. The summed E-state index contributed by atoms with van der Waals surface area (Å²) in [4.78, 5) is 23.8. The van der Waals surface area contributed by atoms with Crippen LogP contribution in [0.15, 0.2) is 53.7 Å². The SMILES string of the molecule is CC(=O)Nc1ccc(C(=O)C(C)Sc2nnc(-c3ccccc3F)n2C)cc1. The molecule has 3 rings (SSSR count). The molecule has 0 bridgehead atoms. The number of aromatic nitrogens is 3. The molecule has 8 heteroatoms. The Bertz CT molecular complexity index is 1020. The molecule has 1 heterocycles. The van der Waals surface area contributed by atoms with Crippen molar-refractivity contribution in [2.24, 2.45) is 7.05 Å². The number of nitrogens with one attached hydrogen (secondary N) is 1. The average molecular weight is 398 g/mol. The maximum atomic E-state index is 14.0. The molecule has 6 nitrogen and oxygen atoms in total. The smallest absolute Gasteiger partial charge is 0.221 e. The molecule has 0 aliphatic heterocycles. The second kappa shape index (κ2) is 8.35. The van der Waals surface area contributed by atoms with Gasteiger partial charge in [0.2, 0.25) is 5.91 Å². The van der Waals surface area contributed by atoms with Gasteiger partial charge in [0.15, 0.2) is 16.8 Å². The predicted molar refractivity (Wildman–Crippen MR) is 107 cm³/mol. The van der Waals surface area contributed by atoms with Gasteiger partial charge in [0.1, 0.15) is 5.82 Å². The first-order chi connectivity index (χ1) is 13.4. The topological polar surface area (TPSA) is 76.9 Å². The lowest BCUT2D eigenvalue weighted by Crippen LogP contribution is -2.14. The van der Waals surface area contributed by atoms with Crippen LogP contribution >= 0.6 is 11.8 Å². The predicted octanol–water partition coefficient (Wildman–Crippen LogP) is 3.94. The lowest BCUT2D eigenvalue weighted by atomic mass is 10.1. The van der Waals surface area contributed by atoms with Gasteiger partial charge in [-0.05, 0) is 43.3 Å². The third-order valence-electron chi connectivity index (χ3n) is 4.09. The summed E-state index contributed by atoms with van der Waals surface area (Å²) >= 11 is 1.26. The van der Waals surface area contributed by atoms with Crippen molar-refractivity contribution < 1.29 is 14.0 Å². The van der Waals surface area contributed by atoms with Crippen molar-refractivity contribution in [2.45, 2.75) is 24.3 Å². The van der Waals surface area contributed by atoms with Crippen LogP contribution in [0.25, 0.3) is 11.4 Å². The highest BCUT2D eigenvalue weighted by molar-refractivity contribution is 8.00. The molecule has 1 aromatic heterocycles. The van der Waals surface area contributed by atoms with E-state index in [-0.39, 0.29) is 17.5 Å². The van der Waals surface area contributed by atoms with Gasteiger partial charge in [0, 0.05) is 25.2 Å². The summed E-state index contributed by atoms with van der Waals surface area (Å²) in [5.41, 5.74) is 1.52. The lowest BCUT2D eigenvalue weighted by molar-refractivity contribution is -0.114. The number of ketones is 1. The van der Waals surface area contributed by atoms with E-state index in [0.717, 1.165) is 0 Å². The molecule has 0 spiro atoms. The Morgan fingerprint density at radius 3 is 2.43 bits per heavy atom. The van der Waals surface area contributed by atoms with Crippen molar-refractivity contribution >= 4 is 29.1 Å². The van der Waals surface area contributed by atoms with Crippen LogP contribution in [-0.4, -0.2) is 31.7 Å². The van der Waals surface area contributed by atoms with E-state index in [9.17, 15) is 14.0 Å². The van der Waals surface area contributed by atoms with Gasteiger partial charge < -0.3 is 9.88 Å². The average Bonchev–Trinajstić information content (AvgIpc) is 3.02. The minimum absolute atomic E-state index is 0.0742. The highest BCUT2D eigenvalue weighted by atomic mass is 32.2. The van der Waals surface area contributed by atoms with Crippen molar-refractivity contribution in [1.29, 1.82) is 0 Å². The van der Waals surface area contributed by atoms with E-state index in [1.807, 2.05) is 0 Å². The number of amides is 1. The van der Waals surface area contributed by atoms with Crippen LogP contribution in [0.4, 0.5) is 10.1 Å². The zero-order valence-electron chi connectivity index (χ0n) is 15.6. The van der Waals surface area contributed by atoms with Gasteiger partial charge >= 0.3 is 0 Å². The van der Waals surface area contributed by atoms with Crippen molar-refractivity contribution in [1.82, 2.24) is 14.8 Å². The summed E-state index contributed by atoms with van der Waals surface area (Å²) in [6.07, 6.45) is 0. The number of halogens is 1. The summed E-state index contributed by atoms with van der Waals surface area (Å²) < 4.78 is 15.7. The largest absolute Gasteiger partial charge is 0.326 e. The quantitative estimate of drug-likeness (QED) is 0.503.